The van der Waals surface area contributed by atoms with Crippen molar-refractivity contribution in [1.29, 1.82) is 0 Å². The number of benzene rings is 2. The Morgan fingerprint density at radius 1 is 1.09 bits per heavy atom. The van der Waals surface area contributed by atoms with Crippen LogP contribution >= 0.6 is 27.7 Å². The largest absolute Gasteiger partial charge is 0.490 e. The van der Waals surface area contributed by atoms with E-state index in [9.17, 15) is 10.1 Å². The summed E-state index contributed by atoms with van der Waals surface area (Å²) in [5.41, 5.74) is 2.78. The van der Waals surface area contributed by atoms with E-state index in [2.05, 4.69) is 26.1 Å². The molecular weight excluding hydrogens is 496 g/mol. The van der Waals surface area contributed by atoms with E-state index in [0.717, 1.165) is 16.8 Å². The van der Waals surface area contributed by atoms with Gasteiger partial charge in [0.1, 0.15) is 11.1 Å². The Bertz CT molecular complexity index is 1090. The van der Waals surface area contributed by atoms with E-state index in [1.807, 2.05) is 56.5 Å². The maximum absolute atomic E-state index is 11.5. The van der Waals surface area contributed by atoms with E-state index in [1.165, 1.54) is 11.8 Å². The topological polar surface area (TPSA) is 92.3 Å². The summed E-state index contributed by atoms with van der Waals surface area (Å²) in [6, 6.07) is 11.6. The van der Waals surface area contributed by atoms with E-state index < -0.39 is 5.25 Å². The van der Waals surface area contributed by atoms with Crippen LogP contribution in [0.4, 0.5) is 0 Å². The Balaban J connectivity index is 2.03. The van der Waals surface area contributed by atoms with Gasteiger partial charge in [0.2, 0.25) is 6.54 Å². The molecule has 0 aliphatic heterocycles. The van der Waals surface area contributed by atoms with Gasteiger partial charge in [-0.05, 0) is 57.5 Å². The first kappa shape index (κ1) is 24.1. The molecule has 0 radical (unpaired) electrons. The molecule has 170 valence electrons. The van der Waals surface area contributed by atoms with Crippen LogP contribution in [0, 0.1) is 24.0 Å². The summed E-state index contributed by atoms with van der Waals surface area (Å²) in [7, 11) is 0. The summed E-state index contributed by atoms with van der Waals surface area (Å²) in [5, 5.41) is 20.1. The van der Waals surface area contributed by atoms with Crippen molar-refractivity contribution in [3.63, 3.8) is 0 Å². The molecule has 0 amide bonds. The predicted octanol–water partition coefficient (Wildman–Crippen LogP) is 5.55. The Hall–Kier alpha value is -2.59. The molecule has 3 aromatic rings. The van der Waals surface area contributed by atoms with Gasteiger partial charge in [0.25, 0.3) is 0 Å². The van der Waals surface area contributed by atoms with Gasteiger partial charge in [0.15, 0.2) is 16.7 Å². The van der Waals surface area contributed by atoms with Crippen LogP contribution in [0.25, 0.3) is 5.69 Å². The molecule has 1 atom stereocenters. The van der Waals surface area contributed by atoms with Crippen LogP contribution in [-0.4, -0.2) is 39.4 Å². The molecule has 0 aliphatic rings. The number of nitrogens with zero attached hydrogens (tertiary/aromatic N) is 4. The molecule has 0 spiro atoms. The summed E-state index contributed by atoms with van der Waals surface area (Å²) >= 11 is 4.87. The molecule has 0 unspecified atom stereocenters. The molecule has 0 fully saturated rings. The highest BCUT2D eigenvalue weighted by Crippen LogP contribution is 2.43. The number of halogens is 1. The van der Waals surface area contributed by atoms with Gasteiger partial charge in [0.05, 0.1) is 13.2 Å². The fraction of sp³-hybridized carbons (Fsp3) is 0.364. The van der Waals surface area contributed by atoms with Crippen molar-refractivity contribution in [1.82, 2.24) is 14.8 Å². The zero-order valence-corrected chi connectivity index (χ0v) is 20.8. The van der Waals surface area contributed by atoms with Crippen LogP contribution in [0.2, 0.25) is 0 Å². The number of ether oxygens (including phenoxy) is 2. The Morgan fingerprint density at radius 2 is 1.72 bits per heavy atom. The zero-order valence-electron chi connectivity index (χ0n) is 18.4. The van der Waals surface area contributed by atoms with Crippen molar-refractivity contribution in [3.8, 4) is 17.2 Å². The molecule has 0 bridgehead atoms. The third kappa shape index (κ3) is 5.60. The predicted molar refractivity (Wildman–Crippen MR) is 128 cm³/mol. The zero-order chi connectivity index (χ0) is 23.3. The van der Waals surface area contributed by atoms with Crippen molar-refractivity contribution in [2.45, 2.75) is 38.1 Å². The molecule has 3 rings (SSSR count). The van der Waals surface area contributed by atoms with E-state index in [0.29, 0.717) is 40.2 Å². The molecular formula is C22H25BrN4O4S. The van der Waals surface area contributed by atoms with E-state index in [4.69, 9.17) is 9.47 Å². The Labute approximate surface area is 199 Å². The maximum Gasteiger partial charge on any atom is 0.220 e. The molecule has 0 saturated heterocycles. The Morgan fingerprint density at radius 3 is 2.31 bits per heavy atom. The van der Waals surface area contributed by atoms with Crippen molar-refractivity contribution < 1.29 is 14.4 Å². The first-order valence-corrected chi connectivity index (χ1v) is 11.9. The lowest BCUT2D eigenvalue weighted by atomic mass is 10.1. The van der Waals surface area contributed by atoms with E-state index in [1.54, 1.807) is 12.1 Å². The second-order valence-electron chi connectivity index (χ2n) is 7.01. The molecule has 1 aromatic heterocycles. The van der Waals surface area contributed by atoms with Gasteiger partial charge in [0, 0.05) is 15.1 Å². The highest BCUT2D eigenvalue weighted by Gasteiger charge is 2.27. The van der Waals surface area contributed by atoms with Crippen molar-refractivity contribution >= 4 is 27.7 Å². The summed E-state index contributed by atoms with van der Waals surface area (Å²) in [6.45, 7) is 8.30. The number of thioether (sulfide) groups is 1. The van der Waals surface area contributed by atoms with Gasteiger partial charge in [-0.25, -0.2) is 0 Å². The van der Waals surface area contributed by atoms with Gasteiger partial charge in [-0.1, -0.05) is 45.4 Å². The van der Waals surface area contributed by atoms with Crippen molar-refractivity contribution in [3.05, 3.63) is 67.9 Å². The summed E-state index contributed by atoms with van der Waals surface area (Å²) in [5.74, 6) is 1.85. The molecule has 0 saturated carbocycles. The quantitative estimate of drug-likeness (QED) is 0.196. The van der Waals surface area contributed by atoms with Gasteiger partial charge in [-0.2, -0.15) is 0 Å². The monoisotopic (exact) mass is 520 g/mol. The smallest absolute Gasteiger partial charge is 0.220 e. The summed E-state index contributed by atoms with van der Waals surface area (Å²) in [6.07, 6.45) is 0. The molecule has 10 heteroatoms. The van der Waals surface area contributed by atoms with E-state index >= 15 is 0 Å². The van der Waals surface area contributed by atoms with Gasteiger partial charge < -0.3 is 9.47 Å². The standard InChI is InChI=1S/C22H25BrN4O4S/c1-5-30-19-11-17(18(23)12-20(19)31-6-2)21(13-26(28)29)32-22-25-24-15(4)27(22)16-9-7-14(3)8-10-16/h7-12,21H,5-6,13H2,1-4H3/t21-/m1/s1. The minimum absolute atomic E-state index is 0.289. The fourth-order valence-corrected chi connectivity index (χ4v) is 5.16. The lowest BCUT2D eigenvalue weighted by Gasteiger charge is -2.19. The second kappa shape index (κ2) is 10.8. The number of aryl methyl sites for hydroxylation is 2. The lowest BCUT2D eigenvalue weighted by molar-refractivity contribution is -0.479. The van der Waals surface area contributed by atoms with Crippen LogP contribution in [0.15, 0.2) is 46.0 Å². The molecule has 2 aromatic carbocycles. The average Bonchev–Trinajstić information content (AvgIpc) is 3.10. The van der Waals surface area contributed by atoms with Crippen LogP contribution < -0.4 is 9.47 Å². The van der Waals surface area contributed by atoms with Crippen LogP contribution in [0.3, 0.4) is 0 Å². The van der Waals surface area contributed by atoms with Gasteiger partial charge in [-0.15, -0.1) is 10.2 Å². The molecule has 1 heterocycles. The maximum atomic E-state index is 11.5. The van der Waals surface area contributed by atoms with Gasteiger partial charge >= 0.3 is 0 Å². The minimum Gasteiger partial charge on any atom is -0.490 e. The molecule has 32 heavy (non-hydrogen) atoms. The summed E-state index contributed by atoms with van der Waals surface area (Å²) in [4.78, 5) is 11.2. The van der Waals surface area contributed by atoms with Crippen molar-refractivity contribution in [2.75, 3.05) is 19.8 Å². The third-order valence-corrected chi connectivity index (χ3v) is 6.51. The van der Waals surface area contributed by atoms with Crippen LogP contribution in [0.5, 0.6) is 11.5 Å². The first-order chi connectivity index (χ1) is 15.3. The molecule has 8 nitrogen and oxygen atoms in total. The first-order valence-electron chi connectivity index (χ1n) is 10.2. The SMILES string of the molecule is CCOc1cc(Br)c([C@@H](C[N+](=O)[O-])Sc2nnc(C)n2-c2ccc(C)cc2)cc1OCC. The highest BCUT2D eigenvalue weighted by atomic mass is 79.9. The molecule has 0 N–H and O–H groups in total. The van der Waals surface area contributed by atoms with Crippen LogP contribution in [-0.2, 0) is 0 Å². The number of nitro groups is 1. The minimum atomic E-state index is -0.526. The van der Waals surface area contributed by atoms with Gasteiger partial charge in [-0.3, -0.25) is 14.7 Å². The number of hydrogen-bond acceptors (Lipinski definition) is 7. The summed E-state index contributed by atoms with van der Waals surface area (Å²) < 4.78 is 14.0. The molecule has 0 aliphatic carbocycles. The third-order valence-electron chi connectivity index (χ3n) is 4.66. The Kier molecular flexibility index (Phi) is 8.14. The van der Waals surface area contributed by atoms with Crippen LogP contribution in [0.1, 0.15) is 36.0 Å². The number of rotatable bonds is 10. The normalized spacial score (nSPS) is 11.9. The van der Waals surface area contributed by atoms with E-state index in [-0.39, 0.29) is 11.5 Å². The average molecular weight is 521 g/mol. The number of aromatic nitrogens is 3. The number of hydrogen-bond donors (Lipinski definition) is 0. The second-order valence-corrected chi connectivity index (χ2v) is 9.03. The van der Waals surface area contributed by atoms with Crippen molar-refractivity contribution in [2.24, 2.45) is 0 Å². The fourth-order valence-electron chi connectivity index (χ4n) is 3.21. The highest BCUT2D eigenvalue weighted by molar-refractivity contribution is 9.10. The lowest BCUT2D eigenvalue weighted by Crippen LogP contribution is -2.12.